The predicted octanol–water partition coefficient (Wildman–Crippen LogP) is 1.83. The van der Waals surface area contributed by atoms with Gasteiger partial charge in [0.25, 0.3) is 0 Å². The normalized spacial score (nSPS) is 24.8. The molecule has 8 N–H and O–H groups in total. The maximum absolute atomic E-state index is 14.9. The van der Waals surface area contributed by atoms with Crippen LogP contribution in [0.15, 0.2) is 91.1 Å². The number of carbonyl (C=O) groups is 8. The summed E-state index contributed by atoms with van der Waals surface area (Å²) in [6.45, 7) is 7.18. The third-order valence-electron chi connectivity index (χ3n) is 13.6. The molecule has 10 atom stereocenters. The van der Waals surface area contributed by atoms with Crippen LogP contribution in [0.3, 0.4) is 0 Å². The molecular formula is C55H73N9O10S2. The van der Waals surface area contributed by atoms with Crippen molar-refractivity contribution >= 4 is 79.8 Å². The van der Waals surface area contributed by atoms with Crippen molar-refractivity contribution in [3.8, 4) is 0 Å². The number of rotatable bonds is 15. The first-order valence-electron chi connectivity index (χ1n) is 25.9. The minimum absolute atomic E-state index is 0.00980. The Bertz CT molecular complexity index is 2740. The van der Waals surface area contributed by atoms with E-state index in [9.17, 15) is 46.8 Å². The molecule has 19 nitrogen and oxygen atoms in total. The average Bonchev–Trinajstić information content (AvgIpc) is 4.05. The standard InChI is InChI=1S/C55H73N9O10S2/c1-33(2)28-42-49(66)58-41(24-27-76(6)74)55(72)64-25-15-22-46(64)53(70)62-44(30-36-18-11-8-12-19-36)51(68)60-43(29-35-16-9-7-10-17-35)50(67)61-45(31-37-32-56-39-21-14-13-20-38(37)39)52(69)63-47(34(3)4)54(71)57-40(48(65)59-42)23-26-75(5)73/h7-14,16-21,32-34,40-47,56H,15,22-31H2,1-6H3,(H,57,71)(H,58,66)(H,59,65)(H,60,68)(H,61,67)(H,62,70)(H,63,69)/t40-,41-,42-,43-,44+,45-,46-,47+,75-,76+/m0/s1. The van der Waals surface area contributed by atoms with Crippen LogP contribution in [0.5, 0.6) is 0 Å². The van der Waals surface area contributed by atoms with Gasteiger partial charge in [0, 0.05) is 88.5 Å². The van der Waals surface area contributed by atoms with Gasteiger partial charge in [0.15, 0.2) is 0 Å². The topological polar surface area (TPSA) is 274 Å². The first kappa shape index (κ1) is 58.5. The summed E-state index contributed by atoms with van der Waals surface area (Å²) in [5.74, 6) is -6.51. The van der Waals surface area contributed by atoms with E-state index in [1.54, 1.807) is 80.7 Å². The number of hydrogen-bond donors (Lipinski definition) is 8. The smallest absolute Gasteiger partial charge is 0.245 e. The fourth-order valence-corrected chi connectivity index (χ4v) is 10.7. The predicted molar refractivity (Wildman–Crippen MR) is 292 cm³/mol. The van der Waals surface area contributed by atoms with E-state index in [1.807, 2.05) is 38.1 Å². The number of hydrogen-bond acceptors (Lipinski definition) is 10. The lowest BCUT2D eigenvalue weighted by Crippen LogP contribution is -2.62. The van der Waals surface area contributed by atoms with Gasteiger partial charge in [-0.1, -0.05) is 107 Å². The Kier molecular flexibility index (Phi) is 21.5. The van der Waals surface area contributed by atoms with Crippen LogP contribution < -0.4 is 37.2 Å². The molecule has 410 valence electrons. The van der Waals surface area contributed by atoms with E-state index in [2.05, 4.69) is 42.2 Å². The lowest BCUT2D eigenvalue weighted by Gasteiger charge is -2.32. The second-order valence-electron chi connectivity index (χ2n) is 20.5. The quantitative estimate of drug-likeness (QED) is 0.0856. The number of benzene rings is 3. The van der Waals surface area contributed by atoms with Crippen molar-refractivity contribution in [1.82, 2.24) is 47.1 Å². The summed E-state index contributed by atoms with van der Waals surface area (Å²) in [4.78, 5) is 122. The summed E-state index contributed by atoms with van der Waals surface area (Å²) < 4.78 is 25.0. The van der Waals surface area contributed by atoms with Gasteiger partial charge in [-0.05, 0) is 66.7 Å². The molecule has 3 aromatic carbocycles. The number of aromatic amines is 1. The third kappa shape index (κ3) is 16.6. The summed E-state index contributed by atoms with van der Waals surface area (Å²) >= 11 is 0. The Labute approximate surface area is 449 Å². The van der Waals surface area contributed by atoms with Crippen molar-refractivity contribution in [3.05, 3.63) is 108 Å². The minimum Gasteiger partial charge on any atom is -0.361 e. The van der Waals surface area contributed by atoms with Crippen LogP contribution >= 0.6 is 0 Å². The van der Waals surface area contributed by atoms with Crippen molar-refractivity contribution in [2.45, 2.75) is 127 Å². The molecule has 4 aromatic rings. The first-order chi connectivity index (χ1) is 36.3. The summed E-state index contributed by atoms with van der Waals surface area (Å²) in [5.41, 5.74) is 2.80. The molecule has 2 fully saturated rings. The number of H-pyrrole nitrogens is 1. The number of aromatic nitrogens is 1. The molecule has 0 bridgehead atoms. The summed E-state index contributed by atoms with van der Waals surface area (Å²) in [6, 6.07) is 15.1. The Morgan fingerprint density at radius 3 is 1.55 bits per heavy atom. The molecule has 2 aliphatic rings. The highest BCUT2D eigenvalue weighted by molar-refractivity contribution is 7.84. The van der Waals surface area contributed by atoms with Gasteiger partial charge in [-0.2, -0.15) is 0 Å². The molecule has 2 aliphatic heterocycles. The number of fused-ring (bicyclic) bond motifs is 2. The summed E-state index contributed by atoms with van der Waals surface area (Å²) in [6.07, 6.45) is 5.06. The number of carbonyl (C=O) groups excluding carboxylic acids is 8. The monoisotopic (exact) mass is 1080 g/mol. The van der Waals surface area contributed by atoms with Gasteiger partial charge >= 0.3 is 0 Å². The number of para-hydroxylation sites is 1. The maximum Gasteiger partial charge on any atom is 0.245 e. The third-order valence-corrected chi connectivity index (χ3v) is 15.2. The molecule has 1 aromatic heterocycles. The molecule has 3 heterocycles. The van der Waals surface area contributed by atoms with Crippen LogP contribution in [0.1, 0.15) is 76.5 Å². The van der Waals surface area contributed by atoms with Gasteiger partial charge < -0.3 is 47.1 Å². The molecule has 0 saturated carbocycles. The van der Waals surface area contributed by atoms with Crippen molar-refractivity contribution in [3.63, 3.8) is 0 Å². The van der Waals surface area contributed by atoms with Crippen LogP contribution in [0.2, 0.25) is 0 Å². The highest BCUT2D eigenvalue weighted by Crippen LogP contribution is 2.22. The second kappa shape index (κ2) is 27.9. The van der Waals surface area contributed by atoms with E-state index in [1.165, 1.54) is 17.4 Å². The van der Waals surface area contributed by atoms with E-state index in [0.717, 1.165) is 10.9 Å². The maximum atomic E-state index is 14.9. The average molecular weight is 1080 g/mol. The van der Waals surface area contributed by atoms with Crippen molar-refractivity contribution in [1.29, 1.82) is 0 Å². The lowest BCUT2D eigenvalue weighted by atomic mass is 9.99. The summed E-state index contributed by atoms with van der Waals surface area (Å²) in [7, 11) is -2.81. The molecule has 8 amide bonds. The molecule has 0 radical (unpaired) electrons. The minimum atomic E-state index is -1.42. The SMILES string of the molecule is CC(C)C[C@@H]1NC(=O)[C@H](CC[S@](C)=O)NC(=O)[C@@H](C(C)C)NC(=O)[C@H](Cc2c[nH]c3ccccc23)NC(=O)[C@H](Cc2ccccc2)NC(=O)[C@@H](Cc2ccccc2)NC(=O)[C@@H]2CCCN2C(=O)[C@H](CC[S@@](C)=O)NC1=O. The van der Waals surface area contributed by atoms with Crippen molar-refractivity contribution in [2.75, 3.05) is 30.6 Å². The van der Waals surface area contributed by atoms with Crippen LogP contribution in [0.4, 0.5) is 0 Å². The molecule has 21 heteroatoms. The zero-order chi connectivity index (χ0) is 55.1. The van der Waals surface area contributed by atoms with E-state index in [0.29, 0.717) is 23.1 Å². The zero-order valence-electron chi connectivity index (χ0n) is 44.1. The fourth-order valence-electron chi connectivity index (χ4n) is 9.56. The summed E-state index contributed by atoms with van der Waals surface area (Å²) in [5, 5.41) is 20.6. The molecule has 6 rings (SSSR count). The van der Waals surface area contributed by atoms with Crippen LogP contribution in [-0.4, -0.2) is 144 Å². The molecule has 2 saturated heterocycles. The highest BCUT2D eigenvalue weighted by atomic mass is 32.2. The molecule has 76 heavy (non-hydrogen) atoms. The van der Waals surface area contributed by atoms with Crippen LogP contribution in [0, 0.1) is 11.8 Å². The second-order valence-corrected chi connectivity index (χ2v) is 23.6. The van der Waals surface area contributed by atoms with Crippen LogP contribution in [0.25, 0.3) is 10.9 Å². The fraction of sp³-hybridized carbons (Fsp3) is 0.491. The van der Waals surface area contributed by atoms with Crippen molar-refractivity contribution < 1.29 is 46.8 Å². The molecule has 0 aliphatic carbocycles. The van der Waals surface area contributed by atoms with Gasteiger partial charge in [0.2, 0.25) is 47.3 Å². The Morgan fingerprint density at radius 1 is 0.526 bits per heavy atom. The molecular weight excluding hydrogens is 1010 g/mol. The van der Waals surface area contributed by atoms with E-state index in [4.69, 9.17) is 0 Å². The highest BCUT2D eigenvalue weighted by Gasteiger charge is 2.41. The van der Waals surface area contributed by atoms with Gasteiger partial charge in [-0.25, -0.2) is 0 Å². The van der Waals surface area contributed by atoms with E-state index >= 15 is 0 Å². The number of nitrogens with one attached hydrogen (secondary N) is 8. The first-order valence-corrected chi connectivity index (χ1v) is 29.4. The van der Waals surface area contributed by atoms with Crippen LogP contribution in [-0.2, 0) is 79.2 Å². The van der Waals surface area contributed by atoms with E-state index < -0.39 is 123 Å². The largest absolute Gasteiger partial charge is 0.361 e. The number of nitrogens with zero attached hydrogens (tertiary/aromatic N) is 1. The van der Waals surface area contributed by atoms with Gasteiger partial charge in [0.1, 0.15) is 48.3 Å². The van der Waals surface area contributed by atoms with Crippen molar-refractivity contribution in [2.24, 2.45) is 11.8 Å². The van der Waals surface area contributed by atoms with E-state index in [-0.39, 0.29) is 68.9 Å². The Morgan fingerprint density at radius 2 is 0.987 bits per heavy atom. The van der Waals surface area contributed by atoms with Gasteiger partial charge in [-0.3, -0.25) is 46.8 Å². The van der Waals surface area contributed by atoms with Gasteiger partial charge in [0.05, 0.1) is 0 Å². The lowest BCUT2D eigenvalue weighted by molar-refractivity contribution is -0.142. The van der Waals surface area contributed by atoms with Gasteiger partial charge in [-0.15, -0.1) is 0 Å². The molecule has 0 spiro atoms. The number of amides is 8. The Hall–Kier alpha value is -6.74. The zero-order valence-corrected chi connectivity index (χ0v) is 45.7. The molecule has 0 unspecified atom stereocenters. The Balaban J connectivity index is 1.45.